The van der Waals surface area contributed by atoms with Crippen molar-refractivity contribution in [3.63, 3.8) is 0 Å². The van der Waals surface area contributed by atoms with E-state index in [4.69, 9.17) is 9.79 Å². The SMILES string of the molecule is CSSCCOP(=O)(O)O. The summed E-state index contributed by atoms with van der Waals surface area (Å²) in [4.78, 5) is 16.4. The second kappa shape index (κ2) is 5.46. The van der Waals surface area contributed by atoms with Crippen molar-refractivity contribution in [3.8, 4) is 0 Å². The Balaban J connectivity index is 3.13. The van der Waals surface area contributed by atoms with Crippen LogP contribution >= 0.6 is 29.4 Å². The third-order valence-corrected chi connectivity index (χ3v) is 2.84. The molecule has 4 nitrogen and oxygen atoms in total. The lowest BCUT2D eigenvalue weighted by Gasteiger charge is -2.02. The monoisotopic (exact) mass is 204 g/mol. The summed E-state index contributed by atoms with van der Waals surface area (Å²) in [6, 6.07) is 0. The number of phosphoric acid groups is 1. The van der Waals surface area contributed by atoms with Crippen LogP contribution in [0, 0.1) is 0 Å². The first kappa shape index (κ1) is 10.8. The molecule has 10 heavy (non-hydrogen) atoms. The first-order valence-corrected chi connectivity index (χ1v) is 6.67. The van der Waals surface area contributed by atoms with Gasteiger partial charge in [-0.15, -0.1) is 0 Å². The van der Waals surface area contributed by atoms with Gasteiger partial charge in [0.1, 0.15) is 0 Å². The maximum absolute atomic E-state index is 10.1. The van der Waals surface area contributed by atoms with Gasteiger partial charge in [-0.2, -0.15) is 0 Å². The summed E-state index contributed by atoms with van der Waals surface area (Å²) in [7, 11) is -1.20. The van der Waals surface area contributed by atoms with E-state index >= 15 is 0 Å². The van der Waals surface area contributed by atoms with Crippen molar-refractivity contribution in [2.75, 3.05) is 18.6 Å². The van der Waals surface area contributed by atoms with Gasteiger partial charge in [-0.25, -0.2) is 4.57 Å². The lowest BCUT2D eigenvalue weighted by Crippen LogP contribution is -1.93. The molecule has 0 fully saturated rings. The minimum Gasteiger partial charge on any atom is -0.303 e. The molecule has 0 aromatic carbocycles. The normalized spacial score (nSPS) is 11.9. The van der Waals surface area contributed by atoms with E-state index in [1.165, 1.54) is 21.6 Å². The van der Waals surface area contributed by atoms with Gasteiger partial charge in [-0.3, -0.25) is 4.52 Å². The average Bonchev–Trinajstić information content (AvgIpc) is 1.78. The second-order valence-corrected chi connectivity index (χ2v) is 5.24. The van der Waals surface area contributed by atoms with Crippen LogP contribution in [0.1, 0.15) is 0 Å². The van der Waals surface area contributed by atoms with Crippen LogP contribution in [0.25, 0.3) is 0 Å². The van der Waals surface area contributed by atoms with Crippen molar-refractivity contribution < 1.29 is 18.9 Å². The lowest BCUT2D eigenvalue weighted by atomic mass is 10.9. The standard InChI is InChI=1S/C3H9O4PS2/c1-9-10-3-2-7-8(4,5)6/h2-3H2,1H3,(H2,4,5,6). The lowest BCUT2D eigenvalue weighted by molar-refractivity contribution is 0.208. The van der Waals surface area contributed by atoms with Crippen molar-refractivity contribution in [1.29, 1.82) is 0 Å². The van der Waals surface area contributed by atoms with E-state index in [2.05, 4.69) is 4.52 Å². The predicted molar refractivity (Wildman–Crippen MR) is 44.0 cm³/mol. The molecule has 0 aromatic heterocycles. The van der Waals surface area contributed by atoms with Gasteiger partial charge in [0.05, 0.1) is 6.61 Å². The molecular weight excluding hydrogens is 195 g/mol. The van der Waals surface area contributed by atoms with Gasteiger partial charge in [-0.05, 0) is 6.26 Å². The summed E-state index contributed by atoms with van der Waals surface area (Å²) >= 11 is 0. The van der Waals surface area contributed by atoms with Crippen LogP contribution in [0.15, 0.2) is 0 Å². The Morgan fingerprint density at radius 2 is 2.20 bits per heavy atom. The summed E-state index contributed by atoms with van der Waals surface area (Å²) in [5.74, 6) is 0.590. The van der Waals surface area contributed by atoms with E-state index < -0.39 is 7.82 Å². The van der Waals surface area contributed by atoms with Crippen molar-refractivity contribution in [3.05, 3.63) is 0 Å². The largest absolute Gasteiger partial charge is 0.469 e. The molecular formula is C3H9O4PS2. The summed E-state index contributed by atoms with van der Waals surface area (Å²) < 4.78 is 14.2. The van der Waals surface area contributed by atoms with E-state index in [1.54, 1.807) is 0 Å². The van der Waals surface area contributed by atoms with Crippen molar-refractivity contribution in [2.24, 2.45) is 0 Å². The van der Waals surface area contributed by atoms with E-state index in [1.807, 2.05) is 6.26 Å². The maximum atomic E-state index is 10.1. The minimum atomic E-state index is -4.23. The van der Waals surface area contributed by atoms with Crippen molar-refractivity contribution in [1.82, 2.24) is 0 Å². The fourth-order valence-electron chi connectivity index (χ4n) is 0.274. The van der Waals surface area contributed by atoms with Gasteiger partial charge < -0.3 is 9.79 Å². The Hall–Kier alpha value is 0.810. The van der Waals surface area contributed by atoms with Gasteiger partial charge in [0.25, 0.3) is 0 Å². The number of hydrogen-bond acceptors (Lipinski definition) is 4. The highest BCUT2D eigenvalue weighted by Gasteiger charge is 2.12. The fourth-order valence-corrected chi connectivity index (χ4v) is 1.75. The van der Waals surface area contributed by atoms with Crippen LogP contribution in [0.2, 0.25) is 0 Å². The number of hydrogen-bond donors (Lipinski definition) is 2. The Labute approximate surface area is 67.4 Å². The van der Waals surface area contributed by atoms with E-state index in [9.17, 15) is 4.57 Å². The molecule has 0 radical (unpaired) electrons. The molecule has 62 valence electrons. The zero-order valence-electron chi connectivity index (χ0n) is 5.39. The third-order valence-electron chi connectivity index (χ3n) is 0.544. The molecule has 7 heteroatoms. The van der Waals surface area contributed by atoms with Gasteiger partial charge in [0.2, 0.25) is 0 Å². The molecule has 0 amide bonds. The molecule has 0 heterocycles. The zero-order valence-corrected chi connectivity index (χ0v) is 7.92. The van der Waals surface area contributed by atoms with Gasteiger partial charge in [-0.1, -0.05) is 21.6 Å². The van der Waals surface area contributed by atoms with Crippen LogP contribution in [0.3, 0.4) is 0 Å². The molecule has 0 spiro atoms. The quantitative estimate of drug-likeness (QED) is 0.397. The predicted octanol–water partition coefficient (Wildman–Crippen LogP) is 1.11. The van der Waals surface area contributed by atoms with Crippen LogP contribution in [-0.2, 0) is 9.09 Å². The Kier molecular flexibility index (Phi) is 5.90. The highest BCUT2D eigenvalue weighted by Crippen LogP contribution is 2.35. The van der Waals surface area contributed by atoms with E-state index in [-0.39, 0.29) is 6.61 Å². The average molecular weight is 204 g/mol. The summed E-state index contributed by atoms with van der Waals surface area (Å²) in [6.45, 7) is 0.0930. The molecule has 2 N–H and O–H groups in total. The van der Waals surface area contributed by atoms with E-state index in [0.717, 1.165) is 0 Å². The molecule has 0 aliphatic rings. The van der Waals surface area contributed by atoms with Crippen LogP contribution in [0.4, 0.5) is 0 Å². The Morgan fingerprint density at radius 3 is 2.60 bits per heavy atom. The van der Waals surface area contributed by atoms with Gasteiger partial charge >= 0.3 is 7.82 Å². The van der Waals surface area contributed by atoms with Crippen LogP contribution in [-0.4, -0.2) is 28.4 Å². The molecule has 0 unspecified atom stereocenters. The molecule has 0 saturated carbocycles. The van der Waals surface area contributed by atoms with Gasteiger partial charge in [0, 0.05) is 5.75 Å². The van der Waals surface area contributed by atoms with Crippen molar-refractivity contribution >= 4 is 29.4 Å². The number of rotatable bonds is 5. The van der Waals surface area contributed by atoms with E-state index in [0.29, 0.717) is 5.75 Å². The summed E-state index contributed by atoms with van der Waals surface area (Å²) in [5.41, 5.74) is 0. The fraction of sp³-hybridized carbons (Fsp3) is 1.00. The topological polar surface area (TPSA) is 66.8 Å². The second-order valence-electron chi connectivity index (χ2n) is 1.31. The van der Waals surface area contributed by atoms with Crippen LogP contribution in [0.5, 0.6) is 0 Å². The molecule has 0 aliphatic carbocycles. The molecule has 0 bridgehead atoms. The first-order valence-electron chi connectivity index (χ1n) is 2.42. The maximum Gasteiger partial charge on any atom is 0.469 e. The molecule has 0 rings (SSSR count). The molecule has 0 aromatic rings. The molecule has 0 atom stereocenters. The highest BCUT2D eigenvalue weighted by molar-refractivity contribution is 8.76. The van der Waals surface area contributed by atoms with Gasteiger partial charge in [0.15, 0.2) is 0 Å². The Morgan fingerprint density at radius 1 is 1.60 bits per heavy atom. The Bertz CT molecular complexity index is 124. The molecule has 0 saturated heterocycles. The zero-order chi connectivity index (χ0) is 8.04. The number of phosphoric ester groups is 1. The third kappa shape index (κ3) is 8.81. The summed E-state index contributed by atoms with van der Waals surface area (Å²) in [5, 5.41) is 0. The van der Waals surface area contributed by atoms with Crippen LogP contribution < -0.4 is 0 Å². The first-order chi connectivity index (χ1) is 4.56. The summed E-state index contributed by atoms with van der Waals surface area (Å²) in [6.07, 6.45) is 1.89. The minimum absolute atomic E-state index is 0.0930. The smallest absolute Gasteiger partial charge is 0.303 e. The highest BCUT2D eigenvalue weighted by atomic mass is 33.1. The molecule has 0 aliphatic heterocycles. The van der Waals surface area contributed by atoms with Crippen molar-refractivity contribution in [2.45, 2.75) is 0 Å².